The molecule has 0 bridgehead atoms. The van der Waals surface area contributed by atoms with E-state index in [1.54, 1.807) is 55.5 Å². The molecule has 1 saturated heterocycles. The lowest BCUT2D eigenvalue weighted by Crippen LogP contribution is -2.39. The average Bonchev–Trinajstić information content (AvgIpc) is 3.21. The van der Waals surface area contributed by atoms with Crippen molar-refractivity contribution < 1.29 is 19.1 Å². The fourth-order valence-electron chi connectivity index (χ4n) is 3.44. The number of amides is 2. The van der Waals surface area contributed by atoms with Crippen molar-refractivity contribution in [1.29, 1.82) is 0 Å². The average molecular weight is 477 g/mol. The molecule has 2 aliphatic rings. The van der Waals surface area contributed by atoms with Gasteiger partial charge in [0.1, 0.15) is 12.0 Å². The summed E-state index contributed by atoms with van der Waals surface area (Å²) in [6, 6.07) is 12.5. The maximum Gasteiger partial charge on any atom is 0.355 e. The molecular formula is C20H15BrClN3O4. The third-order valence-corrected chi connectivity index (χ3v) is 5.49. The van der Waals surface area contributed by atoms with E-state index in [1.807, 2.05) is 0 Å². The molecule has 9 heteroatoms. The van der Waals surface area contributed by atoms with Crippen LogP contribution in [0.4, 0.5) is 11.4 Å². The molecule has 2 atom stereocenters. The van der Waals surface area contributed by atoms with Gasteiger partial charge in [0.2, 0.25) is 5.91 Å². The van der Waals surface area contributed by atoms with Crippen LogP contribution < -0.4 is 9.91 Å². The Balaban J connectivity index is 1.78. The summed E-state index contributed by atoms with van der Waals surface area (Å²) in [6.07, 6.45) is 0. The van der Waals surface area contributed by atoms with E-state index >= 15 is 0 Å². The highest BCUT2D eigenvalue weighted by molar-refractivity contribution is 9.10. The van der Waals surface area contributed by atoms with Gasteiger partial charge >= 0.3 is 5.97 Å². The second-order valence-electron chi connectivity index (χ2n) is 6.44. The number of rotatable bonds is 4. The van der Waals surface area contributed by atoms with Gasteiger partial charge in [-0.2, -0.15) is 5.10 Å². The first kappa shape index (κ1) is 19.6. The zero-order chi connectivity index (χ0) is 20.7. The molecule has 1 fully saturated rings. The molecule has 0 unspecified atom stereocenters. The van der Waals surface area contributed by atoms with Crippen LogP contribution in [0.25, 0.3) is 0 Å². The fraction of sp³-hybridized carbons (Fsp3) is 0.200. The van der Waals surface area contributed by atoms with Crippen molar-refractivity contribution in [1.82, 2.24) is 0 Å². The zero-order valence-corrected chi connectivity index (χ0v) is 17.6. The van der Waals surface area contributed by atoms with Gasteiger partial charge in [-0.15, -0.1) is 0 Å². The maximum atomic E-state index is 13.3. The van der Waals surface area contributed by atoms with Crippen LogP contribution in [-0.4, -0.2) is 36.1 Å². The molecule has 0 spiro atoms. The minimum Gasteiger partial charge on any atom is -0.461 e. The molecule has 0 saturated carbocycles. The Kier molecular flexibility index (Phi) is 5.14. The molecule has 4 rings (SSSR count). The van der Waals surface area contributed by atoms with Crippen LogP contribution in [0.5, 0.6) is 0 Å². The van der Waals surface area contributed by atoms with Gasteiger partial charge in [0.15, 0.2) is 5.71 Å². The number of fused-ring (bicyclic) bond motifs is 1. The molecule has 29 heavy (non-hydrogen) atoms. The number of carbonyl (C=O) groups is 3. The minimum atomic E-state index is -1.04. The van der Waals surface area contributed by atoms with Crippen LogP contribution in [-0.2, 0) is 19.1 Å². The van der Waals surface area contributed by atoms with E-state index < -0.39 is 29.7 Å². The molecule has 2 aliphatic heterocycles. The van der Waals surface area contributed by atoms with E-state index in [4.69, 9.17) is 16.3 Å². The van der Waals surface area contributed by atoms with Crippen LogP contribution >= 0.6 is 27.5 Å². The van der Waals surface area contributed by atoms with E-state index in [-0.39, 0.29) is 12.3 Å². The van der Waals surface area contributed by atoms with E-state index in [9.17, 15) is 14.4 Å². The largest absolute Gasteiger partial charge is 0.461 e. The topological polar surface area (TPSA) is 79.3 Å². The predicted octanol–water partition coefficient (Wildman–Crippen LogP) is 3.40. The lowest BCUT2D eigenvalue weighted by Gasteiger charge is -2.22. The summed E-state index contributed by atoms with van der Waals surface area (Å²) in [7, 11) is 0. The van der Waals surface area contributed by atoms with Crippen LogP contribution in [0.3, 0.4) is 0 Å². The molecule has 7 nitrogen and oxygen atoms in total. The Bertz CT molecular complexity index is 1020. The summed E-state index contributed by atoms with van der Waals surface area (Å²) < 4.78 is 5.89. The van der Waals surface area contributed by atoms with Crippen LogP contribution in [0, 0.1) is 5.92 Å². The lowest BCUT2D eigenvalue weighted by molar-refractivity contribution is -0.136. The summed E-state index contributed by atoms with van der Waals surface area (Å²) in [6.45, 7) is 1.80. The Hall–Kier alpha value is -2.71. The first-order valence-electron chi connectivity index (χ1n) is 8.86. The Morgan fingerprint density at radius 2 is 1.69 bits per heavy atom. The van der Waals surface area contributed by atoms with Gasteiger partial charge in [-0.3, -0.25) is 14.6 Å². The van der Waals surface area contributed by atoms with Crippen molar-refractivity contribution in [2.24, 2.45) is 11.0 Å². The van der Waals surface area contributed by atoms with Gasteiger partial charge in [-0.25, -0.2) is 9.69 Å². The van der Waals surface area contributed by atoms with Crippen molar-refractivity contribution in [3.63, 3.8) is 0 Å². The van der Waals surface area contributed by atoms with Crippen molar-refractivity contribution in [2.45, 2.75) is 13.0 Å². The van der Waals surface area contributed by atoms with E-state index in [2.05, 4.69) is 21.0 Å². The SMILES string of the molecule is CCOC(=O)C1=NN(c2ccc(Cl)cc2)[C@H]2C(=O)N(c3ccc(Br)cc3)C(=O)[C@H]12. The number of imide groups is 1. The minimum absolute atomic E-state index is 0.0789. The van der Waals surface area contributed by atoms with Crippen LogP contribution in [0.15, 0.2) is 58.1 Å². The van der Waals surface area contributed by atoms with Gasteiger partial charge in [0.25, 0.3) is 5.91 Å². The Morgan fingerprint density at radius 1 is 1.07 bits per heavy atom. The number of nitrogens with zero attached hydrogens (tertiary/aromatic N) is 3. The summed E-state index contributed by atoms with van der Waals surface area (Å²) in [5.74, 6) is -2.72. The third kappa shape index (κ3) is 3.32. The molecule has 0 N–H and O–H groups in total. The smallest absolute Gasteiger partial charge is 0.355 e. The Morgan fingerprint density at radius 3 is 2.31 bits per heavy atom. The van der Waals surface area contributed by atoms with E-state index in [1.165, 1.54) is 5.01 Å². The third-order valence-electron chi connectivity index (χ3n) is 4.71. The number of benzene rings is 2. The second-order valence-corrected chi connectivity index (χ2v) is 7.79. The molecule has 2 aromatic rings. The summed E-state index contributed by atoms with van der Waals surface area (Å²) in [5, 5.41) is 6.20. The van der Waals surface area contributed by atoms with Crippen molar-refractivity contribution >= 4 is 62.4 Å². The number of halogens is 2. The van der Waals surface area contributed by atoms with Gasteiger partial charge in [-0.1, -0.05) is 27.5 Å². The molecule has 148 valence electrons. The number of hydrazone groups is 1. The molecule has 0 radical (unpaired) electrons. The number of hydrogen-bond donors (Lipinski definition) is 0. The molecule has 0 aliphatic carbocycles. The summed E-state index contributed by atoms with van der Waals surface area (Å²) in [4.78, 5) is 40.0. The van der Waals surface area contributed by atoms with E-state index in [0.29, 0.717) is 16.4 Å². The summed E-state index contributed by atoms with van der Waals surface area (Å²) in [5.41, 5.74) is 0.893. The first-order chi connectivity index (χ1) is 13.9. The van der Waals surface area contributed by atoms with Crippen LogP contribution in [0.2, 0.25) is 5.02 Å². The fourth-order valence-corrected chi connectivity index (χ4v) is 3.83. The van der Waals surface area contributed by atoms with Crippen molar-refractivity contribution in [2.75, 3.05) is 16.5 Å². The van der Waals surface area contributed by atoms with Gasteiger partial charge < -0.3 is 4.74 Å². The standard InChI is InChI=1S/C20H15BrClN3O4/c1-2-29-20(28)16-15-17(25(23-16)14-9-5-12(22)6-10-14)19(27)24(18(15)26)13-7-3-11(21)4-8-13/h3-10,15,17H,2H2,1H3/t15-,17-/m1/s1. The summed E-state index contributed by atoms with van der Waals surface area (Å²) >= 11 is 9.29. The highest BCUT2D eigenvalue weighted by Gasteiger charge is 2.59. The highest BCUT2D eigenvalue weighted by atomic mass is 79.9. The number of ether oxygens (including phenoxy) is 1. The molecule has 2 amide bonds. The van der Waals surface area contributed by atoms with Gasteiger partial charge in [0, 0.05) is 9.50 Å². The normalized spacial score (nSPS) is 20.7. The zero-order valence-electron chi connectivity index (χ0n) is 15.2. The monoisotopic (exact) mass is 475 g/mol. The van der Waals surface area contributed by atoms with Crippen LogP contribution in [0.1, 0.15) is 6.92 Å². The molecule has 2 aromatic carbocycles. The molecular weight excluding hydrogens is 462 g/mol. The number of esters is 1. The number of carbonyl (C=O) groups excluding carboxylic acids is 3. The van der Waals surface area contributed by atoms with Gasteiger partial charge in [-0.05, 0) is 55.5 Å². The second kappa shape index (κ2) is 7.61. The molecule has 0 aromatic heterocycles. The highest BCUT2D eigenvalue weighted by Crippen LogP contribution is 2.38. The predicted molar refractivity (Wildman–Crippen MR) is 112 cm³/mol. The number of hydrogen-bond acceptors (Lipinski definition) is 6. The van der Waals surface area contributed by atoms with Crippen molar-refractivity contribution in [3.8, 4) is 0 Å². The molecule has 2 heterocycles. The van der Waals surface area contributed by atoms with Crippen molar-refractivity contribution in [3.05, 3.63) is 58.0 Å². The maximum absolute atomic E-state index is 13.3. The Labute approximate surface area is 180 Å². The quantitative estimate of drug-likeness (QED) is 0.499. The number of anilines is 2. The van der Waals surface area contributed by atoms with E-state index in [0.717, 1.165) is 9.37 Å². The lowest BCUT2D eigenvalue weighted by atomic mass is 9.98. The first-order valence-corrected chi connectivity index (χ1v) is 10.0. The van der Waals surface area contributed by atoms with Gasteiger partial charge in [0.05, 0.1) is 18.0 Å².